The van der Waals surface area contributed by atoms with E-state index in [9.17, 15) is 0 Å². The molecule has 1 heterocycles. The average Bonchev–Trinajstić information content (AvgIpc) is 2.85. The van der Waals surface area contributed by atoms with Gasteiger partial charge in [-0.2, -0.15) is 0 Å². The minimum atomic E-state index is 0.517. The molecule has 0 bridgehead atoms. The van der Waals surface area contributed by atoms with Crippen molar-refractivity contribution in [2.75, 3.05) is 0 Å². The molecule has 0 aliphatic carbocycles. The van der Waals surface area contributed by atoms with Crippen LogP contribution < -0.4 is 10.5 Å². The van der Waals surface area contributed by atoms with Gasteiger partial charge in [-0.25, -0.2) is 4.98 Å². The van der Waals surface area contributed by atoms with E-state index in [0.717, 1.165) is 28.0 Å². The molecule has 102 valence electrons. The largest absolute Gasteiger partial charge is 0.489 e. The number of nitrogens with two attached hydrogens (primary N) is 1. The Morgan fingerprint density at radius 1 is 1.10 bits per heavy atom. The van der Waals surface area contributed by atoms with Crippen LogP contribution in [0.3, 0.4) is 0 Å². The third kappa shape index (κ3) is 2.65. The lowest BCUT2D eigenvalue weighted by atomic mass is 10.1. The molecule has 0 unspecified atom stereocenters. The van der Waals surface area contributed by atoms with Crippen molar-refractivity contribution >= 4 is 11.1 Å². The number of hydrogen-bond donors (Lipinski definition) is 1. The first-order chi connectivity index (χ1) is 9.74. The molecule has 1 aromatic heterocycles. The first-order valence-corrected chi connectivity index (χ1v) is 6.52. The maximum Gasteiger partial charge on any atom is 0.192 e. The zero-order valence-corrected chi connectivity index (χ0v) is 11.3. The van der Waals surface area contributed by atoms with Crippen molar-refractivity contribution < 1.29 is 9.15 Å². The molecule has 0 spiro atoms. The molecular formula is C16H16N2O2. The monoisotopic (exact) mass is 268 g/mol. The highest BCUT2D eigenvalue weighted by atomic mass is 16.5. The van der Waals surface area contributed by atoms with Gasteiger partial charge in [0.05, 0.1) is 0 Å². The quantitative estimate of drug-likeness (QED) is 0.789. The average molecular weight is 268 g/mol. The maximum absolute atomic E-state index is 5.76. The second-order valence-electron chi connectivity index (χ2n) is 4.67. The molecule has 0 saturated heterocycles. The van der Waals surface area contributed by atoms with Crippen LogP contribution in [0.15, 0.2) is 46.9 Å². The second kappa shape index (κ2) is 5.35. The van der Waals surface area contributed by atoms with Crippen LogP contribution in [0.2, 0.25) is 0 Å². The van der Waals surface area contributed by atoms with Crippen LogP contribution in [-0.4, -0.2) is 4.98 Å². The lowest BCUT2D eigenvalue weighted by molar-refractivity contribution is 0.306. The lowest BCUT2D eigenvalue weighted by Gasteiger charge is -2.06. The van der Waals surface area contributed by atoms with Gasteiger partial charge < -0.3 is 14.9 Å². The number of oxazole rings is 1. The van der Waals surface area contributed by atoms with Crippen molar-refractivity contribution in [3.63, 3.8) is 0 Å². The predicted octanol–water partition coefficient (Wildman–Crippen LogP) is 3.17. The fourth-order valence-corrected chi connectivity index (χ4v) is 2.05. The molecule has 0 atom stereocenters. The summed E-state index contributed by atoms with van der Waals surface area (Å²) in [5.74, 6) is 1.44. The number of aromatic nitrogens is 1. The number of hydrogen-bond acceptors (Lipinski definition) is 4. The van der Waals surface area contributed by atoms with Gasteiger partial charge in [-0.3, -0.25) is 0 Å². The topological polar surface area (TPSA) is 61.3 Å². The normalized spacial score (nSPS) is 10.9. The Kier molecular flexibility index (Phi) is 3.39. The molecule has 2 N–H and O–H groups in total. The van der Waals surface area contributed by atoms with Gasteiger partial charge >= 0.3 is 0 Å². The smallest absolute Gasteiger partial charge is 0.192 e. The van der Waals surface area contributed by atoms with Crippen LogP contribution in [0.4, 0.5) is 0 Å². The molecule has 0 aliphatic rings. The summed E-state index contributed by atoms with van der Waals surface area (Å²) in [5.41, 5.74) is 9.40. The number of fused-ring (bicyclic) bond motifs is 1. The van der Waals surface area contributed by atoms with E-state index in [1.165, 1.54) is 0 Å². The zero-order valence-electron chi connectivity index (χ0n) is 11.3. The fourth-order valence-electron chi connectivity index (χ4n) is 2.05. The number of nitrogens with zero attached hydrogens (tertiary/aromatic N) is 1. The molecule has 0 aliphatic heterocycles. The third-order valence-electron chi connectivity index (χ3n) is 3.13. The summed E-state index contributed by atoms with van der Waals surface area (Å²) in [6.45, 7) is 2.91. The van der Waals surface area contributed by atoms with E-state index in [-0.39, 0.29) is 0 Å². The van der Waals surface area contributed by atoms with E-state index in [4.69, 9.17) is 14.9 Å². The summed E-state index contributed by atoms with van der Waals surface area (Å²) in [6, 6.07) is 13.8. The van der Waals surface area contributed by atoms with Gasteiger partial charge in [0.25, 0.3) is 0 Å². The molecule has 3 rings (SSSR count). The Morgan fingerprint density at radius 2 is 1.85 bits per heavy atom. The highest BCUT2D eigenvalue weighted by molar-refractivity contribution is 5.74. The number of rotatable bonds is 4. The Balaban J connectivity index is 1.72. The molecular weight excluding hydrogens is 252 g/mol. The van der Waals surface area contributed by atoms with E-state index in [2.05, 4.69) is 4.98 Å². The van der Waals surface area contributed by atoms with Crippen molar-refractivity contribution in [1.82, 2.24) is 4.98 Å². The Labute approximate surface area is 117 Å². The van der Waals surface area contributed by atoms with Crippen LogP contribution in [0.25, 0.3) is 11.1 Å². The van der Waals surface area contributed by atoms with Crippen LogP contribution in [0, 0.1) is 6.92 Å². The lowest BCUT2D eigenvalue weighted by Crippen LogP contribution is -1.98. The number of ether oxygens (including phenoxy) is 1. The fraction of sp³-hybridized carbons (Fsp3) is 0.188. The maximum atomic E-state index is 5.76. The van der Waals surface area contributed by atoms with Gasteiger partial charge in [0, 0.05) is 19.5 Å². The SMILES string of the molecule is Cc1nc2ccc(OCc3ccc(CN)cc3)cc2o1. The number of aryl methyl sites for hydroxylation is 1. The molecule has 0 fully saturated rings. The molecule has 20 heavy (non-hydrogen) atoms. The van der Waals surface area contributed by atoms with E-state index in [1.54, 1.807) is 0 Å². The highest BCUT2D eigenvalue weighted by Gasteiger charge is 2.04. The zero-order chi connectivity index (χ0) is 13.9. The van der Waals surface area contributed by atoms with Crippen LogP contribution in [0.5, 0.6) is 5.75 Å². The van der Waals surface area contributed by atoms with E-state index < -0.39 is 0 Å². The van der Waals surface area contributed by atoms with Gasteiger partial charge in [0.15, 0.2) is 11.5 Å². The van der Waals surface area contributed by atoms with Crippen molar-refractivity contribution in [3.05, 3.63) is 59.5 Å². The minimum Gasteiger partial charge on any atom is -0.489 e. The molecule has 2 aromatic carbocycles. The Morgan fingerprint density at radius 3 is 2.60 bits per heavy atom. The summed E-state index contributed by atoms with van der Waals surface area (Å²) in [7, 11) is 0. The van der Waals surface area contributed by atoms with Gasteiger partial charge in [-0.1, -0.05) is 24.3 Å². The van der Waals surface area contributed by atoms with E-state index >= 15 is 0 Å². The van der Waals surface area contributed by atoms with Crippen molar-refractivity contribution in [2.24, 2.45) is 5.73 Å². The summed E-state index contributed by atoms with van der Waals surface area (Å²) in [6.07, 6.45) is 0. The molecule has 0 amide bonds. The summed E-state index contributed by atoms with van der Waals surface area (Å²) in [4.78, 5) is 4.26. The van der Waals surface area contributed by atoms with Crippen LogP contribution in [-0.2, 0) is 13.2 Å². The first-order valence-electron chi connectivity index (χ1n) is 6.52. The van der Waals surface area contributed by atoms with Crippen molar-refractivity contribution in [3.8, 4) is 5.75 Å². The summed E-state index contributed by atoms with van der Waals surface area (Å²) < 4.78 is 11.2. The molecule has 0 saturated carbocycles. The number of benzene rings is 2. The van der Waals surface area contributed by atoms with Gasteiger partial charge in [0.1, 0.15) is 17.9 Å². The second-order valence-corrected chi connectivity index (χ2v) is 4.67. The van der Waals surface area contributed by atoms with Crippen LogP contribution >= 0.6 is 0 Å². The molecule has 0 radical (unpaired) electrons. The molecule has 4 heteroatoms. The Bertz CT molecular complexity index is 717. The van der Waals surface area contributed by atoms with Gasteiger partial charge in [0.2, 0.25) is 0 Å². The minimum absolute atomic E-state index is 0.517. The first kappa shape index (κ1) is 12.7. The van der Waals surface area contributed by atoms with Gasteiger partial charge in [-0.15, -0.1) is 0 Å². The van der Waals surface area contributed by atoms with Gasteiger partial charge in [-0.05, 0) is 23.3 Å². The van der Waals surface area contributed by atoms with Crippen LogP contribution in [0.1, 0.15) is 17.0 Å². The van der Waals surface area contributed by atoms with Crippen molar-refractivity contribution in [1.29, 1.82) is 0 Å². The summed E-state index contributed by atoms with van der Waals surface area (Å²) >= 11 is 0. The standard InChI is InChI=1S/C16H16N2O2/c1-11-18-15-7-6-14(8-16(15)20-11)19-10-13-4-2-12(9-17)3-5-13/h2-8H,9-10,17H2,1H3. The highest BCUT2D eigenvalue weighted by Crippen LogP contribution is 2.22. The molecule has 4 nitrogen and oxygen atoms in total. The third-order valence-corrected chi connectivity index (χ3v) is 3.13. The van der Waals surface area contributed by atoms with E-state index in [1.807, 2.05) is 49.4 Å². The summed E-state index contributed by atoms with van der Waals surface area (Å²) in [5, 5.41) is 0. The van der Waals surface area contributed by atoms with E-state index in [0.29, 0.717) is 19.0 Å². The Hall–Kier alpha value is -2.33. The predicted molar refractivity (Wildman–Crippen MR) is 77.4 cm³/mol. The van der Waals surface area contributed by atoms with Crippen molar-refractivity contribution in [2.45, 2.75) is 20.1 Å². The molecule has 3 aromatic rings.